The minimum absolute atomic E-state index is 0.188. The zero-order valence-corrected chi connectivity index (χ0v) is 14.6. The third-order valence-corrected chi connectivity index (χ3v) is 4.69. The predicted octanol–water partition coefficient (Wildman–Crippen LogP) is 2.61. The van der Waals surface area contributed by atoms with E-state index in [0.717, 1.165) is 22.7 Å². The minimum Gasteiger partial charge on any atom is -0.348 e. The van der Waals surface area contributed by atoms with Crippen LogP contribution in [0.15, 0.2) is 48.5 Å². The Morgan fingerprint density at radius 2 is 1.52 bits per heavy atom. The molecule has 134 valence electrons. The Bertz CT molecular complexity index is 837. The normalized spacial score (nSPS) is 12.5. The number of nitrogens with one attached hydrogen (secondary N) is 1. The number of amides is 1. The van der Waals surface area contributed by atoms with Crippen LogP contribution in [-0.4, -0.2) is 27.1 Å². The quantitative estimate of drug-likeness (QED) is 0.852. The van der Waals surface area contributed by atoms with Gasteiger partial charge >= 0.3 is 0 Å². The molecule has 0 aromatic heterocycles. The molecule has 0 aliphatic carbocycles. The Morgan fingerprint density at radius 1 is 1.04 bits per heavy atom. The molecule has 0 fully saturated rings. The van der Waals surface area contributed by atoms with Gasteiger partial charge in [0, 0.05) is 0 Å². The van der Waals surface area contributed by atoms with E-state index in [9.17, 15) is 22.0 Å². The van der Waals surface area contributed by atoms with Crippen LogP contribution in [0.2, 0.25) is 0 Å². The van der Waals surface area contributed by atoms with Crippen molar-refractivity contribution in [3.05, 3.63) is 65.7 Å². The van der Waals surface area contributed by atoms with Crippen molar-refractivity contribution >= 4 is 21.6 Å². The average Bonchev–Trinajstić information content (AvgIpc) is 2.53. The molecular weight excluding hydrogens is 350 g/mol. The molecule has 1 atom stereocenters. The molecule has 25 heavy (non-hydrogen) atoms. The van der Waals surface area contributed by atoms with E-state index in [-0.39, 0.29) is 11.5 Å². The number of sulfonamides is 1. The summed E-state index contributed by atoms with van der Waals surface area (Å²) in [5.74, 6) is -1.43. The molecule has 0 bridgehead atoms. The first-order valence-electron chi connectivity index (χ1n) is 7.45. The SMILES string of the molecule is C[C@@H](NC(=O)CN(c1ccc(F)cc1)S(C)(=O)=O)c1ccc(F)cc1. The highest BCUT2D eigenvalue weighted by Crippen LogP contribution is 2.18. The van der Waals surface area contributed by atoms with Crippen LogP contribution in [0.25, 0.3) is 0 Å². The summed E-state index contributed by atoms with van der Waals surface area (Å²) in [7, 11) is -3.73. The molecule has 0 saturated heterocycles. The second-order valence-electron chi connectivity index (χ2n) is 5.59. The Morgan fingerprint density at radius 3 is 2.00 bits per heavy atom. The van der Waals surface area contributed by atoms with Crippen molar-refractivity contribution in [2.24, 2.45) is 0 Å². The standard InChI is InChI=1S/C17H18F2N2O3S/c1-12(13-3-5-14(18)6-4-13)20-17(22)11-21(25(2,23)24)16-9-7-15(19)8-10-16/h3-10,12H,11H2,1-2H3,(H,20,22)/t12-/m1/s1. The van der Waals surface area contributed by atoms with Crippen molar-refractivity contribution in [3.63, 3.8) is 0 Å². The van der Waals surface area contributed by atoms with Gasteiger partial charge in [0.2, 0.25) is 15.9 Å². The summed E-state index contributed by atoms with van der Waals surface area (Å²) < 4.78 is 50.8. The summed E-state index contributed by atoms with van der Waals surface area (Å²) in [6, 6.07) is 10.0. The van der Waals surface area contributed by atoms with E-state index in [0.29, 0.717) is 5.56 Å². The second-order valence-corrected chi connectivity index (χ2v) is 7.49. The van der Waals surface area contributed by atoms with E-state index in [4.69, 9.17) is 0 Å². The van der Waals surface area contributed by atoms with Crippen LogP contribution < -0.4 is 9.62 Å². The maximum absolute atomic E-state index is 13.0. The van der Waals surface area contributed by atoms with Gasteiger partial charge in [-0.2, -0.15) is 0 Å². The van der Waals surface area contributed by atoms with Gasteiger partial charge in [-0.1, -0.05) is 12.1 Å². The van der Waals surface area contributed by atoms with Crippen molar-refractivity contribution in [1.29, 1.82) is 0 Å². The maximum Gasteiger partial charge on any atom is 0.241 e. The molecule has 0 radical (unpaired) electrons. The van der Waals surface area contributed by atoms with Crippen LogP contribution in [0.4, 0.5) is 14.5 Å². The van der Waals surface area contributed by atoms with Crippen molar-refractivity contribution in [1.82, 2.24) is 5.32 Å². The first-order valence-corrected chi connectivity index (χ1v) is 9.30. The Kier molecular flexibility index (Phi) is 5.73. The summed E-state index contributed by atoms with van der Waals surface area (Å²) in [6.45, 7) is 1.25. The summed E-state index contributed by atoms with van der Waals surface area (Å²) in [5.41, 5.74) is 0.871. The lowest BCUT2D eigenvalue weighted by Gasteiger charge is -2.23. The molecule has 1 N–H and O–H groups in total. The topological polar surface area (TPSA) is 66.5 Å². The highest BCUT2D eigenvalue weighted by Gasteiger charge is 2.22. The third kappa shape index (κ3) is 5.25. The molecule has 2 aromatic carbocycles. The summed E-state index contributed by atoms with van der Waals surface area (Å²) >= 11 is 0. The summed E-state index contributed by atoms with van der Waals surface area (Å²) in [4.78, 5) is 12.2. The number of halogens is 2. The van der Waals surface area contributed by atoms with Gasteiger partial charge < -0.3 is 5.32 Å². The van der Waals surface area contributed by atoms with Crippen LogP contribution in [0.3, 0.4) is 0 Å². The molecule has 0 unspecified atom stereocenters. The highest BCUT2D eigenvalue weighted by molar-refractivity contribution is 7.92. The van der Waals surface area contributed by atoms with Gasteiger partial charge in [0.1, 0.15) is 18.2 Å². The summed E-state index contributed by atoms with van der Waals surface area (Å²) in [5, 5.41) is 2.66. The first-order chi connectivity index (χ1) is 11.7. The molecule has 0 aliphatic heterocycles. The molecule has 1 amide bonds. The van der Waals surface area contributed by atoms with Crippen LogP contribution in [0.1, 0.15) is 18.5 Å². The fraction of sp³-hybridized carbons (Fsp3) is 0.235. The molecule has 0 saturated carbocycles. The van der Waals surface area contributed by atoms with E-state index in [1.165, 1.54) is 36.4 Å². The van der Waals surface area contributed by atoms with Gasteiger partial charge in [0.05, 0.1) is 18.0 Å². The largest absolute Gasteiger partial charge is 0.348 e. The monoisotopic (exact) mass is 368 g/mol. The fourth-order valence-electron chi connectivity index (χ4n) is 2.26. The number of carbonyl (C=O) groups excluding carboxylic acids is 1. The number of carbonyl (C=O) groups is 1. The Labute approximate surface area is 145 Å². The predicted molar refractivity (Wildman–Crippen MR) is 91.5 cm³/mol. The van der Waals surface area contributed by atoms with E-state index >= 15 is 0 Å². The minimum atomic E-state index is -3.73. The Hall–Kier alpha value is -2.48. The molecule has 8 heteroatoms. The molecule has 2 aromatic rings. The Balaban J connectivity index is 2.12. The van der Waals surface area contributed by atoms with E-state index in [1.807, 2.05) is 0 Å². The van der Waals surface area contributed by atoms with Gasteiger partial charge in [0.25, 0.3) is 0 Å². The van der Waals surface area contributed by atoms with Gasteiger partial charge in [-0.15, -0.1) is 0 Å². The van der Waals surface area contributed by atoms with Crippen LogP contribution >= 0.6 is 0 Å². The van der Waals surface area contributed by atoms with E-state index in [1.54, 1.807) is 6.92 Å². The number of rotatable bonds is 6. The molecule has 2 rings (SSSR count). The molecule has 0 spiro atoms. The third-order valence-electron chi connectivity index (χ3n) is 3.55. The van der Waals surface area contributed by atoms with E-state index in [2.05, 4.69) is 5.32 Å². The van der Waals surface area contributed by atoms with Crippen molar-refractivity contribution in [3.8, 4) is 0 Å². The molecule has 0 aliphatic rings. The molecular formula is C17H18F2N2O3S. The molecule has 5 nitrogen and oxygen atoms in total. The van der Waals surface area contributed by atoms with Gasteiger partial charge in [-0.05, 0) is 48.9 Å². The lowest BCUT2D eigenvalue weighted by atomic mass is 10.1. The van der Waals surface area contributed by atoms with Crippen molar-refractivity contribution < 1.29 is 22.0 Å². The highest BCUT2D eigenvalue weighted by atomic mass is 32.2. The fourth-order valence-corrected chi connectivity index (χ4v) is 3.12. The smallest absolute Gasteiger partial charge is 0.241 e. The number of hydrogen-bond donors (Lipinski definition) is 1. The average molecular weight is 368 g/mol. The van der Waals surface area contributed by atoms with Crippen molar-refractivity contribution in [2.75, 3.05) is 17.1 Å². The summed E-state index contributed by atoms with van der Waals surface area (Å²) in [6.07, 6.45) is 0.965. The molecule has 0 heterocycles. The lowest BCUT2D eigenvalue weighted by Crippen LogP contribution is -2.41. The van der Waals surface area contributed by atoms with Crippen LogP contribution in [0.5, 0.6) is 0 Å². The zero-order valence-electron chi connectivity index (χ0n) is 13.7. The number of hydrogen-bond acceptors (Lipinski definition) is 3. The number of nitrogens with zero attached hydrogens (tertiary/aromatic N) is 1. The second kappa shape index (κ2) is 7.60. The maximum atomic E-state index is 13.0. The first kappa shape index (κ1) is 18.9. The van der Waals surface area contributed by atoms with Gasteiger partial charge in [0.15, 0.2) is 0 Å². The number of anilines is 1. The van der Waals surface area contributed by atoms with Crippen molar-refractivity contribution in [2.45, 2.75) is 13.0 Å². The van der Waals surface area contributed by atoms with Gasteiger partial charge in [-0.3, -0.25) is 9.10 Å². The zero-order chi connectivity index (χ0) is 18.6. The number of benzene rings is 2. The van der Waals surface area contributed by atoms with Gasteiger partial charge in [-0.25, -0.2) is 17.2 Å². The van der Waals surface area contributed by atoms with Crippen LogP contribution in [-0.2, 0) is 14.8 Å². The van der Waals surface area contributed by atoms with Crippen LogP contribution in [0, 0.1) is 11.6 Å². The lowest BCUT2D eigenvalue weighted by molar-refractivity contribution is -0.120. The van der Waals surface area contributed by atoms with E-state index < -0.39 is 34.3 Å².